The van der Waals surface area contributed by atoms with Gasteiger partial charge in [-0.3, -0.25) is 4.79 Å². The average Bonchev–Trinajstić information content (AvgIpc) is 2.97. The largest absolute Gasteiger partial charge is 0.353 e. The first-order valence-electron chi connectivity index (χ1n) is 11.6. The van der Waals surface area contributed by atoms with Crippen LogP contribution < -0.4 is 11.1 Å². The summed E-state index contributed by atoms with van der Waals surface area (Å²) < 4.78 is 0. The van der Waals surface area contributed by atoms with Crippen molar-refractivity contribution in [3.8, 4) is 0 Å². The number of nitrogens with two attached hydrogens (primary N) is 1. The maximum absolute atomic E-state index is 13.7. The highest BCUT2D eigenvalue weighted by Gasteiger charge is 2.81. The molecule has 6 rings (SSSR count). The van der Waals surface area contributed by atoms with Crippen molar-refractivity contribution in [2.45, 2.75) is 82.2 Å². The lowest BCUT2D eigenvalue weighted by molar-refractivity contribution is -0.134. The standard InChI is InChI=1S/C25H34N2O/c1-16-17-11-23(22(28)27-20-9-7-19(26)8-10-20)14-24(18-5-3-2-4-6-18)13-21(16)25(24,12-17)15-23/h2-6,16-17,19-21H,7-15,26H2,1H3,(H,27,28)/t16?,17?,19-,20-,21?,23?,24?,25?. The van der Waals surface area contributed by atoms with Crippen molar-refractivity contribution >= 4 is 5.91 Å². The van der Waals surface area contributed by atoms with Crippen LogP contribution in [0.4, 0.5) is 0 Å². The highest BCUT2D eigenvalue weighted by Crippen LogP contribution is 2.85. The number of carbonyl (C=O) groups excluding carboxylic acids is 1. The summed E-state index contributed by atoms with van der Waals surface area (Å²) in [6.45, 7) is 2.48. The number of rotatable bonds is 3. The molecular formula is C25H34N2O. The van der Waals surface area contributed by atoms with E-state index >= 15 is 0 Å². The summed E-state index contributed by atoms with van der Waals surface area (Å²) in [6.07, 6.45) is 10.2. The molecule has 3 nitrogen and oxygen atoms in total. The average molecular weight is 379 g/mol. The summed E-state index contributed by atoms with van der Waals surface area (Å²) in [5, 5.41) is 3.52. The summed E-state index contributed by atoms with van der Waals surface area (Å²) >= 11 is 0. The minimum absolute atomic E-state index is 0.127. The maximum Gasteiger partial charge on any atom is 0.226 e. The molecule has 1 aromatic carbocycles. The number of nitrogens with one attached hydrogen (secondary N) is 1. The predicted molar refractivity (Wildman–Crippen MR) is 111 cm³/mol. The summed E-state index contributed by atoms with van der Waals surface area (Å²) in [5.74, 6) is 2.76. The van der Waals surface area contributed by atoms with Crippen LogP contribution in [0.5, 0.6) is 0 Å². The number of benzene rings is 1. The zero-order valence-electron chi connectivity index (χ0n) is 17.1. The highest BCUT2D eigenvalue weighted by molar-refractivity contribution is 5.84. The SMILES string of the molecule is CC1C2CC3(C(=O)N[C@H]4CC[C@H](N)CC4)CC4(c5ccccc5)CC1C4(C2)C3. The van der Waals surface area contributed by atoms with Crippen molar-refractivity contribution in [2.24, 2.45) is 34.3 Å². The van der Waals surface area contributed by atoms with Crippen LogP contribution in [0.25, 0.3) is 0 Å². The molecule has 6 atom stereocenters. The van der Waals surface area contributed by atoms with Crippen LogP contribution in [0.1, 0.15) is 70.3 Å². The Balaban J connectivity index is 1.34. The van der Waals surface area contributed by atoms with Gasteiger partial charge in [0.1, 0.15) is 0 Å². The number of hydrogen-bond acceptors (Lipinski definition) is 2. The molecule has 0 aromatic heterocycles. The molecule has 0 saturated heterocycles. The van der Waals surface area contributed by atoms with Gasteiger partial charge in [0.25, 0.3) is 0 Å². The molecule has 1 aromatic rings. The molecule has 6 unspecified atom stereocenters. The van der Waals surface area contributed by atoms with Crippen LogP contribution in [-0.2, 0) is 10.2 Å². The van der Waals surface area contributed by atoms with E-state index in [1.165, 1.54) is 18.4 Å². The minimum atomic E-state index is -0.127. The van der Waals surface area contributed by atoms with Gasteiger partial charge in [0, 0.05) is 17.5 Å². The van der Waals surface area contributed by atoms with Gasteiger partial charge in [-0.15, -0.1) is 0 Å². The van der Waals surface area contributed by atoms with Gasteiger partial charge in [-0.25, -0.2) is 0 Å². The van der Waals surface area contributed by atoms with Crippen molar-refractivity contribution in [3.05, 3.63) is 35.9 Å². The van der Waals surface area contributed by atoms with Crippen molar-refractivity contribution in [1.82, 2.24) is 5.32 Å². The fraction of sp³-hybridized carbons (Fsp3) is 0.720. The second-order valence-corrected chi connectivity index (χ2v) is 11.2. The van der Waals surface area contributed by atoms with E-state index in [0.29, 0.717) is 23.4 Å². The Labute approximate surface area is 168 Å². The second kappa shape index (κ2) is 5.62. The zero-order chi connectivity index (χ0) is 19.1. The Morgan fingerprint density at radius 3 is 2.54 bits per heavy atom. The highest BCUT2D eigenvalue weighted by atomic mass is 16.2. The van der Waals surface area contributed by atoms with E-state index in [-0.39, 0.29) is 10.8 Å². The molecule has 0 heterocycles. The van der Waals surface area contributed by atoms with E-state index in [2.05, 4.69) is 42.6 Å². The van der Waals surface area contributed by atoms with Crippen LogP contribution in [0.15, 0.2) is 30.3 Å². The quantitative estimate of drug-likeness (QED) is 0.830. The Morgan fingerprint density at radius 1 is 1.04 bits per heavy atom. The summed E-state index contributed by atoms with van der Waals surface area (Å²) in [4.78, 5) is 13.7. The number of fused-ring (bicyclic) bond motifs is 2. The van der Waals surface area contributed by atoms with Crippen molar-refractivity contribution in [1.29, 1.82) is 0 Å². The van der Waals surface area contributed by atoms with E-state index in [4.69, 9.17) is 5.73 Å². The van der Waals surface area contributed by atoms with Gasteiger partial charge >= 0.3 is 0 Å². The van der Waals surface area contributed by atoms with Gasteiger partial charge in [-0.05, 0) is 86.5 Å². The molecular weight excluding hydrogens is 344 g/mol. The fourth-order valence-electron chi connectivity index (χ4n) is 8.90. The van der Waals surface area contributed by atoms with E-state index in [1.807, 2.05) is 0 Å². The Bertz CT molecular complexity index is 800. The molecule has 150 valence electrons. The van der Waals surface area contributed by atoms with Crippen LogP contribution in [-0.4, -0.2) is 18.0 Å². The van der Waals surface area contributed by atoms with Crippen molar-refractivity contribution < 1.29 is 4.79 Å². The maximum atomic E-state index is 13.7. The molecule has 0 aliphatic heterocycles. The topological polar surface area (TPSA) is 55.1 Å². The summed E-state index contributed by atoms with van der Waals surface area (Å²) in [6, 6.07) is 11.9. The lowest BCUT2D eigenvalue weighted by Gasteiger charge is -2.60. The normalized spacial score (nSPS) is 50.9. The molecule has 3 N–H and O–H groups in total. The molecule has 3 bridgehead atoms. The Kier molecular flexibility index (Phi) is 3.51. The van der Waals surface area contributed by atoms with Crippen LogP contribution in [0, 0.1) is 28.6 Å². The van der Waals surface area contributed by atoms with Gasteiger partial charge in [-0.2, -0.15) is 0 Å². The van der Waals surface area contributed by atoms with Crippen LogP contribution in [0.3, 0.4) is 0 Å². The van der Waals surface area contributed by atoms with Crippen LogP contribution >= 0.6 is 0 Å². The molecule has 5 fully saturated rings. The number of amides is 1. The minimum Gasteiger partial charge on any atom is -0.353 e. The summed E-state index contributed by atoms with van der Waals surface area (Å²) in [5.41, 5.74) is 8.11. The first-order chi connectivity index (χ1) is 13.5. The van der Waals surface area contributed by atoms with E-state index in [0.717, 1.165) is 62.7 Å². The van der Waals surface area contributed by atoms with Crippen molar-refractivity contribution in [3.63, 3.8) is 0 Å². The first kappa shape index (κ1) is 17.5. The fourth-order valence-corrected chi connectivity index (χ4v) is 8.90. The third-order valence-electron chi connectivity index (χ3n) is 10.1. The van der Waals surface area contributed by atoms with Gasteiger partial charge in [0.15, 0.2) is 0 Å². The number of hydrogen-bond donors (Lipinski definition) is 2. The van der Waals surface area contributed by atoms with Gasteiger partial charge in [-0.1, -0.05) is 37.3 Å². The van der Waals surface area contributed by atoms with Crippen LogP contribution in [0.2, 0.25) is 0 Å². The molecule has 0 radical (unpaired) electrons. The van der Waals surface area contributed by atoms with E-state index in [9.17, 15) is 4.79 Å². The third kappa shape index (κ3) is 2.02. The molecule has 28 heavy (non-hydrogen) atoms. The Hall–Kier alpha value is -1.35. The van der Waals surface area contributed by atoms with E-state index in [1.54, 1.807) is 0 Å². The molecule has 5 aliphatic carbocycles. The van der Waals surface area contributed by atoms with Gasteiger partial charge < -0.3 is 11.1 Å². The predicted octanol–water partition coefficient (Wildman–Crippen LogP) is 4.16. The first-order valence-corrected chi connectivity index (χ1v) is 11.6. The van der Waals surface area contributed by atoms with Gasteiger partial charge in [0.05, 0.1) is 5.41 Å². The molecule has 1 spiro atoms. The third-order valence-corrected chi connectivity index (χ3v) is 10.1. The van der Waals surface area contributed by atoms with E-state index < -0.39 is 0 Å². The lowest BCUT2D eigenvalue weighted by atomic mass is 9.43. The monoisotopic (exact) mass is 378 g/mol. The smallest absolute Gasteiger partial charge is 0.226 e. The zero-order valence-corrected chi connectivity index (χ0v) is 17.1. The molecule has 5 saturated carbocycles. The second-order valence-electron chi connectivity index (χ2n) is 11.2. The molecule has 5 aliphatic rings. The summed E-state index contributed by atoms with van der Waals surface area (Å²) in [7, 11) is 0. The van der Waals surface area contributed by atoms with Crippen molar-refractivity contribution in [2.75, 3.05) is 0 Å². The number of carbonyl (C=O) groups is 1. The Morgan fingerprint density at radius 2 is 1.79 bits per heavy atom. The molecule has 1 amide bonds. The van der Waals surface area contributed by atoms with Gasteiger partial charge in [0.2, 0.25) is 5.91 Å². The lowest BCUT2D eigenvalue weighted by Crippen LogP contribution is -2.56. The molecule has 3 heteroatoms.